The van der Waals surface area contributed by atoms with Crippen molar-refractivity contribution in [2.45, 2.75) is 60.0 Å². The second-order valence-electron chi connectivity index (χ2n) is 9.50. The van der Waals surface area contributed by atoms with Crippen molar-refractivity contribution in [1.29, 1.82) is 0 Å². The first-order valence-corrected chi connectivity index (χ1v) is 12.7. The molecule has 1 atom stereocenters. The van der Waals surface area contributed by atoms with Crippen molar-refractivity contribution in [2.24, 2.45) is 0 Å². The molecule has 0 saturated carbocycles. The minimum absolute atomic E-state index is 0.137. The fourth-order valence-electron chi connectivity index (χ4n) is 4.18. The predicted octanol–water partition coefficient (Wildman–Crippen LogP) is 5.47. The van der Waals surface area contributed by atoms with Gasteiger partial charge >= 0.3 is 0 Å². The van der Waals surface area contributed by atoms with Crippen molar-refractivity contribution < 1.29 is 14.3 Å². The minimum Gasteiger partial charge on any atom is -0.483 e. The molecule has 3 rings (SSSR count). The number of hydrogen-bond acceptors (Lipinski definition) is 3. The quantitative estimate of drug-likeness (QED) is 0.391. The van der Waals surface area contributed by atoms with Crippen LogP contribution in [-0.4, -0.2) is 35.9 Å². The Morgan fingerprint density at radius 3 is 2.25 bits per heavy atom. The van der Waals surface area contributed by atoms with E-state index in [4.69, 9.17) is 4.74 Å². The molecule has 0 aliphatic rings. The first-order valence-electron chi connectivity index (χ1n) is 12.7. The summed E-state index contributed by atoms with van der Waals surface area (Å²) in [5.74, 6) is 0.330. The van der Waals surface area contributed by atoms with Gasteiger partial charge in [0, 0.05) is 19.5 Å². The van der Waals surface area contributed by atoms with Crippen LogP contribution in [0, 0.1) is 27.7 Å². The number of rotatable bonds is 11. The van der Waals surface area contributed by atoms with Crippen LogP contribution in [-0.2, 0) is 22.6 Å². The van der Waals surface area contributed by atoms with E-state index < -0.39 is 6.04 Å². The molecule has 190 valence electrons. The second-order valence-corrected chi connectivity index (χ2v) is 9.50. The number of aryl methyl sites for hydroxylation is 3. The van der Waals surface area contributed by atoms with Crippen LogP contribution < -0.4 is 10.1 Å². The molecule has 5 nitrogen and oxygen atoms in total. The zero-order valence-corrected chi connectivity index (χ0v) is 22.1. The molecule has 2 amide bonds. The van der Waals surface area contributed by atoms with E-state index in [9.17, 15) is 9.59 Å². The molecule has 0 aliphatic carbocycles. The highest BCUT2D eigenvalue weighted by molar-refractivity contribution is 5.88. The number of nitrogens with zero attached hydrogens (tertiary/aromatic N) is 1. The van der Waals surface area contributed by atoms with E-state index in [1.54, 1.807) is 4.90 Å². The molecule has 0 radical (unpaired) electrons. The van der Waals surface area contributed by atoms with E-state index in [1.807, 2.05) is 95.3 Å². The Bertz CT molecular complexity index is 1160. The number of carbonyl (C=O) groups excluding carboxylic acids is 2. The van der Waals surface area contributed by atoms with Gasteiger partial charge in [0.05, 0.1) is 0 Å². The van der Waals surface area contributed by atoms with Gasteiger partial charge in [-0.3, -0.25) is 9.59 Å². The van der Waals surface area contributed by atoms with Gasteiger partial charge in [-0.2, -0.15) is 0 Å². The van der Waals surface area contributed by atoms with Crippen molar-refractivity contribution in [3.8, 4) is 5.75 Å². The maximum Gasteiger partial charge on any atom is 0.261 e. The second kappa shape index (κ2) is 12.9. The SMILES string of the molecule is CCCNC(=O)[C@H](Cc1ccccc1)N(Cc1ccc(C)cc1)C(=O)COc1cc(C)cc(C)c1C. The molecule has 0 aromatic heterocycles. The third-order valence-corrected chi connectivity index (χ3v) is 6.41. The first-order chi connectivity index (χ1) is 17.3. The summed E-state index contributed by atoms with van der Waals surface area (Å²) >= 11 is 0. The zero-order chi connectivity index (χ0) is 26.1. The van der Waals surface area contributed by atoms with E-state index in [0.717, 1.165) is 39.8 Å². The molecular weight excluding hydrogens is 448 g/mol. The van der Waals surface area contributed by atoms with Gasteiger partial charge in [0.1, 0.15) is 11.8 Å². The summed E-state index contributed by atoms with van der Waals surface area (Å²) in [6.07, 6.45) is 1.25. The van der Waals surface area contributed by atoms with E-state index >= 15 is 0 Å². The predicted molar refractivity (Wildman–Crippen MR) is 145 cm³/mol. The lowest BCUT2D eigenvalue weighted by atomic mass is 10.0. The molecule has 0 aliphatic heterocycles. The molecule has 0 spiro atoms. The van der Waals surface area contributed by atoms with Crippen molar-refractivity contribution in [2.75, 3.05) is 13.2 Å². The van der Waals surface area contributed by atoms with Gasteiger partial charge in [-0.25, -0.2) is 0 Å². The van der Waals surface area contributed by atoms with Crippen LogP contribution >= 0.6 is 0 Å². The molecule has 36 heavy (non-hydrogen) atoms. The summed E-state index contributed by atoms with van der Waals surface area (Å²) in [7, 11) is 0. The summed E-state index contributed by atoms with van der Waals surface area (Å²) < 4.78 is 6.04. The number of ether oxygens (including phenoxy) is 1. The molecule has 0 bridgehead atoms. The van der Waals surface area contributed by atoms with Crippen LogP contribution in [0.15, 0.2) is 66.7 Å². The fraction of sp³-hybridized carbons (Fsp3) is 0.355. The Kier molecular flexibility index (Phi) is 9.69. The molecule has 3 aromatic rings. The first kappa shape index (κ1) is 27.0. The Balaban J connectivity index is 1.91. The van der Waals surface area contributed by atoms with Gasteiger partial charge in [0.2, 0.25) is 5.91 Å². The standard InChI is InChI=1S/C31H38N2O3/c1-6-16-32-31(35)28(19-26-10-8-7-9-11-26)33(20-27-14-12-22(2)13-15-27)30(34)21-36-29-18-23(3)17-24(4)25(29)5/h7-15,17-18,28H,6,16,19-21H2,1-5H3,(H,32,35)/t28-/m0/s1. The van der Waals surface area contributed by atoms with Crippen molar-refractivity contribution in [3.63, 3.8) is 0 Å². The van der Waals surface area contributed by atoms with E-state index in [2.05, 4.69) is 11.4 Å². The lowest BCUT2D eigenvalue weighted by Gasteiger charge is -2.31. The Hall–Kier alpha value is -3.60. The molecule has 5 heteroatoms. The number of hydrogen-bond donors (Lipinski definition) is 1. The number of benzene rings is 3. The minimum atomic E-state index is -0.656. The Morgan fingerprint density at radius 2 is 1.58 bits per heavy atom. The van der Waals surface area contributed by atoms with Crippen LogP contribution in [0.2, 0.25) is 0 Å². The maximum absolute atomic E-state index is 13.7. The molecule has 0 saturated heterocycles. The molecule has 3 aromatic carbocycles. The average Bonchev–Trinajstić information content (AvgIpc) is 2.87. The third-order valence-electron chi connectivity index (χ3n) is 6.41. The zero-order valence-electron chi connectivity index (χ0n) is 22.1. The molecule has 1 N–H and O–H groups in total. The lowest BCUT2D eigenvalue weighted by Crippen LogP contribution is -2.51. The topological polar surface area (TPSA) is 58.6 Å². The number of amides is 2. The highest BCUT2D eigenvalue weighted by Crippen LogP contribution is 2.24. The monoisotopic (exact) mass is 486 g/mol. The van der Waals surface area contributed by atoms with E-state index in [0.29, 0.717) is 25.3 Å². The summed E-state index contributed by atoms with van der Waals surface area (Å²) in [6.45, 7) is 10.8. The Morgan fingerprint density at radius 1 is 0.889 bits per heavy atom. The Labute approximate surface area is 215 Å². The summed E-state index contributed by atoms with van der Waals surface area (Å²) in [5, 5.41) is 3.01. The third kappa shape index (κ3) is 7.45. The van der Waals surface area contributed by atoms with Crippen molar-refractivity contribution in [3.05, 3.63) is 100 Å². The van der Waals surface area contributed by atoms with Crippen LogP contribution in [0.4, 0.5) is 0 Å². The van der Waals surface area contributed by atoms with E-state index in [-0.39, 0.29) is 18.4 Å². The molecule has 0 fully saturated rings. The fourth-order valence-corrected chi connectivity index (χ4v) is 4.18. The van der Waals surface area contributed by atoms with Crippen LogP contribution in [0.25, 0.3) is 0 Å². The smallest absolute Gasteiger partial charge is 0.261 e. The van der Waals surface area contributed by atoms with Gasteiger partial charge in [-0.15, -0.1) is 0 Å². The van der Waals surface area contributed by atoms with Gasteiger partial charge < -0.3 is 15.0 Å². The highest BCUT2D eigenvalue weighted by Gasteiger charge is 2.30. The maximum atomic E-state index is 13.7. The number of carbonyl (C=O) groups is 2. The molecule has 0 heterocycles. The summed E-state index contributed by atoms with van der Waals surface area (Å²) in [6, 6.07) is 21.3. The van der Waals surface area contributed by atoms with Gasteiger partial charge in [-0.1, -0.05) is 73.2 Å². The van der Waals surface area contributed by atoms with Crippen LogP contribution in [0.3, 0.4) is 0 Å². The molecule has 0 unspecified atom stereocenters. The van der Waals surface area contributed by atoms with E-state index in [1.165, 1.54) is 0 Å². The normalized spacial score (nSPS) is 11.6. The lowest BCUT2D eigenvalue weighted by molar-refractivity contribution is -0.142. The average molecular weight is 487 g/mol. The number of nitrogens with one attached hydrogen (secondary N) is 1. The van der Waals surface area contributed by atoms with Crippen LogP contribution in [0.1, 0.15) is 46.7 Å². The summed E-state index contributed by atoms with van der Waals surface area (Å²) in [5.41, 5.74) is 6.33. The van der Waals surface area contributed by atoms with Gasteiger partial charge in [0.25, 0.3) is 5.91 Å². The highest BCUT2D eigenvalue weighted by atomic mass is 16.5. The van der Waals surface area contributed by atoms with Gasteiger partial charge in [0.15, 0.2) is 6.61 Å². The van der Waals surface area contributed by atoms with Crippen LogP contribution in [0.5, 0.6) is 5.75 Å². The summed E-state index contributed by atoms with van der Waals surface area (Å²) in [4.78, 5) is 28.7. The van der Waals surface area contributed by atoms with Gasteiger partial charge in [-0.05, 0) is 68.0 Å². The van der Waals surface area contributed by atoms with Crippen molar-refractivity contribution in [1.82, 2.24) is 10.2 Å². The van der Waals surface area contributed by atoms with Crippen molar-refractivity contribution >= 4 is 11.8 Å². The largest absolute Gasteiger partial charge is 0.483 e. The molecular formula is C31H38N2O3.